The Kier molecular flexibility index (Phi) is 8.57. The summed E-state index contributed by atoms with van der Waals surface area (Å²) in [6, 6.07) is -1.06. The minimum Gasteiger partial charge on any atom is -0.480 e. The Morgan fingerprint density at radius 2 is 2.00 bits per heavy atom. The molecule has 0 aliphatic rings. The molecule has 0 aromatic carbocycles. The number of rotatable bonds is 8. The van der Waals surface area contributed by atoms with Crippen molar-refractivity contribution < 1.29 is 14.7 Å². The molecular weight excluding hydrogens is 254 g/mol. The Hall–Kier alpha value is -0.950. The van der Waals surface area contributed by atoms with E-state index in [1.165, 1.54) is 0 Å². The van der Waals surface area contributed by atoms with Crippen LogP contribution in [0.15, 0.2) is 0 Å². The lowest BCUT2D eigenvalue weighted by molar-refractivity contribution is -0.139. The van der Waals surface area contributed by atoms with E-state index in [-0.39, 0.29) is 6.04 Å². The number of urea groups is 1. The van der Waals surface area contributed by atoms with Gasteiger partial charge in [-0.15, -0.1) is 0 Å². The van der Waals surface area contributed by atoms with Crippen LogP contribution >= 0.6 is 11.8 Å². The topological polar surface area (TPSA) is 81.7 Å². The molecule has 0 aromatic heterocycles. The minimum atomic E-state index is -1.00. The van der Waals surface area contributed by atoms with Crippen LogP contribution in [-0.2, 0) is 4.79 Å². The molecule has 0 spiro atoms. The number of aliphatic carboxylic acids is 1. The van der Waals surface area contributed by atoms with Gasteiger partial charge in [-0.3, -0.25) is 0 Å². The first-order valence-corrected chi connectivity index (χ1v) is 7.20. The number of carboxylic acid groups (broad SMARTS) is 1. The van der Waals surface area contributed by atoms with Gasteiger partial charge in [-0.1, -0.05) is 0 Å². The molecule has 106 valence electrons. The lowest BCUT2D eigenvalue weighted by Crippen LogP contribution is -2.49. The molecule has 2 atom stereocenters. The highest BCUT2D eigenvalue weighted by atomic mass is 32.2. The molecule has 3 N–H and O–H groups in total. The molecule has 0 rings (SSSR count). The van der Waals surface area contributed by atoms with Crippen molar-refractivity contribution in [3.8, 4) is 0 Å². The van der Waals surface area contributed by atoms with E-state index in [0.29, 0.717) is 18.7 Å². The van der Waals surface area contributed by atoms with Gasteiger partial charge in [-0.05, 0) is 39.4 Å². The fourth-order valence-electron chi connectivity index (χ4n) is 1.13. The summed E-state index contributed by atoms with van der Waals surface area (Å²) in [6.45, 7) is 2.45. The van der Waals surface area contributed by atoms with Crippen molar-refractivity contribution in [3.63, 3.8) is 0 Å². The number of nitrogens with one attached hydrogen (secondary N) is 2. The SMILES string of the molecule is CSCC[C@@H](NC(=O)NCC(C)N(C)C)C(=O)O. The number of likely N-dealkylation sites (N-methyl/N-ethyl adjacent to an activating group) is 1. The van der Waals surface area contributed by atoms with Gasteiger partial charge in [0.15, 0.2) is 0 Å². The summed E-state index contributed by atoms with van der Waals surface area (Å²) in [6.07, 6.45) is 2.32. The highest BCUT2D eigenvalue weighted by molar-refractivity contribution is 7.98. The summed E-state index contributed by atoms with van der Waals surface area (Å²) in [5.74, 6) is -0.300. The number of hydrogen-bond acceptors (Lipinski definition) is 4. The van der Waals surface area contributed by atoms with Crippen LogP contribution in [0.2, 0.25) is 0 Å². The minimum absolute atomic E-state index is 0.199. The number of hydrogen-bond donors (Lipinski definition) is 3. The van der Waals surface area contributed by atoms with E-state index in [2.05, 4.69) is 10.6 Å². The molecule has 2 amide bonds. The lowest BCUT2D eigenvalue weighted by Gasteiger charge is -2.21. The molecule has 0 radical (unpaired) electrons. The Morgan fingerprint density at radius 3 is 2.44 bits per heavy atom. The normalized spacial score (nSPS) is 14.1. The van der Waals surface area contributed by atoms with Crippen molar-refractivity contribution >= 4 is 23.8 Å². The highest BCUT2D eigenvalue weighted by Crippen LogP contribution is 2.00. The van der Waals surface area contributed by atoms with Crippen molar-refractivity contribution in [2.75, 3.05) is 32.6 Å². The van der Waals surface area contributed by atoms with E-state index in [9.17, 15) is 9.59 Å². The molecule has 0 aliphatic carbocycles. The zero-order valence-corrected chi connectivity index (χ0v) is 12.2. The zero-order valence-electron chi connectivity index (χ0n) is 11.4. The first kappa shape index (κ1) is 17.1. The van der Waals surface area contributed by atoms with Gasteiger partial charge in [0.1, 0.15) is 6.04 Å². The maximum atomic E-state index is 11.5. The highest BCUT2D eigenvalue weighted by Gasteiger charge is 2.19. The van der Waals surface area contributed by atoms with Crippen molar-refractivity contribution in [3.05, 3.63) is 0 Å². The monoisotopic (exact) mass is 277 g/mol. The fraction of sp³-hybridized carbons (Fsp3) is 0.818. The van der Waals surface area contributed by atoms with Crippen molar-refractivity contribution in [1.29, 1.82) is 0 Å². The van der Waals surface area contributed by atoms with Crippen LogP contribution in [-0.4, -0.2) is 66.7 Å². The van der Waals surface area contributed by atoms with Gasteiger partial charge < -0.3 is 20.6 Å². The van der Waals surface area contributed by atoms with Crippen LogP contribution in [0.3, 0.4) is 0 Å². The third-order valence-corrected chi connectivity index (χ3v) is 3.30. The molecule has 0 fully saturated rings. The van der Waals surface area contributed by atoms with Gasteiger partial charge in [-0.2, -0.15) is 11.8 Å². The summed E-state index contributed by atoms with van der Waals surface area (Å²) < 4.78 is 0. The Balaban J connectivity index is 4.06. The van der Waals surface area contributed by atoms with Crippen LogP contribution in [0.5, 0.6) is 0 Å². The van der Waals surface area contributed by atoms with E-state index in [4.69, 9.17) is 5.11 Å². The van der Waals surface area contributed by atoms with Crippen LogP contribution in [0.1, 0.15) is 13.3 Å². The average Bonchev–Trinajstić information content (AvgIpc) is 2.30. The van der Waals surface area contributed by atoms with Gasteiger partial charge in [-0.25, -0.2) is 9.59 Å². The summed E-state index contributed by atoms with van der Waals surface area (Å²) in [4.78, 5) is 24.4. The van der Waals surface area contributed by atoms with E-state index in [1.807, 2.05) is 32.2 Å². The molecule has 6 nitrogen and oxygen atoms in total. The van der Waals surface area contributed by atoms with Gasteiger partial charge in [0.2, 0.25) is 0 Å². The van der Waals surface area contributed by atoms with Crippen LogP contribution < -0.4 is 10.6 Å². The predicted molar refractivity (Wildman–Crippen MR) is 74.1 cm³/mol. The van der Waals surface area contributed by atoms with E-state index >= 15 is 0 Å². The molecule has 0 aromatic rings. The molecule has 1 unspecified atom stereocenters. The van der Waals surface area contributed by atoms with Crippen LogP contribution in [0.25, 0.3) is 0 Å². The summed E-state index contributed by atoms with van der Waals surface area (Å²) in [7, 11) is 3.84. The van der Waals surface area contributed by atoms with E-state index in [0.717, 1.165) is 0 Å². The maximum absolute atomic E-state index is 11.5. The van der Waals surface area contributed by atoms with E-state index < -0.39 is 18.0 Å². The molecule has 0 heterocycles. The van der Waals surface area contributed by atoms with E-state index in [1.54, 1.807) is 11.8 Å². The fourth-order valence-corrected chi connectivity index (χ4v) is 1.60. The number of carbonyl (C=O) groups is 2. The lowest BCUT2D eigenvalue weighted by atomic mass is 10.2. The first-order valence-electron chi connectivity index (χ1n) is 5.81. The van der Waals surface area contributed by atoms with Crippen molar-refractivity contribution in [2.24, 2.45) is 0 Å². The Morgan fingerprint density at radius 1 is 1.39 bits per heavy atom. The van der Waals surface area contributed by atoms with Crippen molar-refractivity contribution in [2.45, 2.75) is 25.4 Å². The third kappa shape index (κ3) is 7.39. The molecule has 0 saturated heterocycles. The quantitative estimate of drug-likeness (QED) is 0.600. The molecule has 0 bridgehead atoms. The number of carboxylic acids is 1. The van der Waals surface area contributed by atoms with Gasteiger partial charge in [0.05, 0.1) is 0 Å². The molecule has 7 heteroatoms. The average molecular weight is 277 g/mol. The number of nitrogens with zero attached hydrogens (tertiary/aromatic N) is 1. The molecule has 0 aliphatic heterocycles. The largest absolute Gasteiger partial charge is 0.480 e. The Bertz CT molecular complexity index is 274. The van der Waals surface area contributed by atoms with Crippen LogP contribution in [0, 0.1) is 0 Å². The van der Waals surface area contributed by atoms with Gasteiger partial charge in [0, 0.05) is 12.6 Å². The third-order valence-electron chi connectivity index (χ3n) is 2.65. The maximum Gasteiger partial charge on any atom is 0.326 e. The Labute approximate surface area is 112 Å². The summed E-state index contributed by atoms with van der Waals surface area (Å²) in [5.41, 5.74) is 0. The second-order valence-electron chi connectivity index (χ2n) is 4.34. The number of carbonyl (C=O) groups excluding carboxylic acids is 1. The number of thioether (sulfide) groups is 1. The van der Waals surface area contributed by atoms with Gasteiger partial charge in [0.25, 0.3) is 0 Å². The van der Waals surface area contributed by atoms with Crippen LogP contribution in [0.4, 0.5) is 4.79 Å². The first-order chi connectivity index (χ1) is 8.38. The smallest absolute Gasteiger partial charge is 0.326 e. The second kappa shape index (κ2) is 9.04. The number of amides is 2. The van der Waals surface area contributed by atoms with Crippen molar-refractivity contribution in [1.82, 2.24) is 15.5 Å². The van der Waals surface area contributed by atoms with Gasteiger partial charge >= 0.3 is 12.0 Å². The predicted octanol–water partition coefficient (Wildman–Crippen LogP) is 0.442. The molecule has 18 heavy (non-hydrogen) atoms. The summed E-state index contributed by atoms with van der Waals surface area (Å²) in [5, 5.41) is 14.1. The standard InChI is InChI=1S/C11H23N3O3S/c1-8(14(2)3)7-12-11(17)13-9(10(15)16)5-6-18-4/h8-9H,5-7H2,1-4H3,(H,15,16)(H2,12,13,17)/t8?,9-/m1/s1. The molecule has 0 saturated carbocycles. The zero-order chi connectivity index (χ0) is 14.1. The summed E-state index contributed by atoms with van der Waals surface area (Å²) >= 11 is 1.55. The second-order valence-corrected chi connectivity index (χ2v) is 5.32. The molecular formula is C11H23N3O3S.